The molecule has 0 N–H and O–H groups in total. The molecule has 2 aromatic carbocycles. The minimum atomic E-state index is -0.541. The van der Waals surface area contributed by atoms with Crippen LogP contribution in [0.25, 0.3) is 27.5 Å². The molecule has 0 saturated carbocycles. The number of nitrogens with zero attached hydrogens (tertiary/aromatic N) is 3. The van der Waals surface area contributed by atoms with Crippen LogP contribution in [0.3, 0.4) is 0 Å². The second-order valence-corrected chi connectivity index (χ2v) is 10.1. The average molecular weight is 533 g/mol. The highest BCUT2D eigenvalue weighted by molar-refractivity contribution is 14.1. The van der Waals surface area contributed by atoms with Crippen LogP contribution in [-0.4, -0.2) is 27.4 Å². The monoisotopic (exact) mass is 533 g/mol. The molecule has 0 aliphatic heterocycles. The number of carbonyl (C=O) groups excluding carboxylic acids is 1. The van der Waals surface area contributed by atoms with Gasteiger partial charge in [0.1, 0.15) is 0 Å². The van der Waals surface area contributed by atoms with Crippen molar-refractivity contribution in [1.82, 2.24) is 14.3 Å². The van der Waals surface area contributed by atoms with Gasteiger partial charge in [-0.25, -0.2) is 4.39 Å². The Labute approximate surface area is 194 Å². The van der Waals surface area contributed by atoms with Gasteiger partial charge in [-0.2, -0.15) is 9.78 Å². The van der Waals surface area contributed by atoms with Crippen LogP contribution < -0.4 is 4.74 Å². The van der Waals surface area contributed by atoms with Crippen molar-refractivity contribution in [3.05, 3.63) is 51.6 Å². The van der Waals surface area contributed by atoms with Crippen molar-refractivity contribution in [2.24, 2.45) is 5.41 Å². The number of methoxy groups -OCH3 is 1. The van der Waals surface area contributed by atoms with Gasteiger partial charge in [0.25, 0.3) is 5.91 Å². The molecule has 7 heteroatoms. The molecular weight excluding hydrogens is 508 g/mol. The zero-order chi connectivity index (χ0) is 22.7. The lowest BCUT2D eigenvalue weighted by molar-refractivity contribution is 0.0755. The van der Waals surface area contributed by atoms with Gasteiger partial charge >= 0.3 is 0 Å². The van der Waals surface area contributed by atoms with Crippen molar-refractivity contribution in [3.63, 3.8) is 0 Å². The Morgan fingerprint density at radius 2 is 1.87 bits per heavy atom. The summed E-state index contributed by atoms with van der Waals surface area (Å²) in [6.45, 7) is 9.94. The molecule has 2 aromatic heterocycles. The van der Waals surface area contributed by atoms with Gasteiger partial charge in [-0.3, -0.25) is 4.79 Å². The summed E-state index contributed by atoms with van der Waals surface area (Å²) in [7, 11) is 1.47. The number of fused-ring (bicyclic) bond motifs is 2. The van der Waals surface area contributed by atoms with E-state index in [0.29, 0.717) is 0 Å². The molecule has 0 unspecified atom stereocenters. The van der Waals surface area contributed by atoms with Gasteiger partial charge in [0.2, 0.25) is 0 Å². The van der Waals surface area contributed by atoms with E-state index in [-0.39, 0.29) is 17.6 Å². The fourth-order valence-electron chi connectivity index (χ4n) is 3.85. The maximum absolute atomic E-state index is 14.1. The summed E-state index contributed by atoms with van der Waals surface area (Å²) in [5.74, 6) is -0.0172. The second kappa shape index (κ2) is 7.62. The third-order valence-corrected chi connectivity index (χ3v) is 6.54. The predicted octanol–water partition coefficient (Wildman–Crippen LogP) is 6.54. The molecule has 4 rings (SSSR count). The Kier molecular flexibility index (Phi) is 5.36. The molecule has 0 fully saturated rings. The maximum Gasteiger partial charge on any atom is 0.252 e. The first-order valence-electron chi connectivity index (χ1n) is 10.1. The van der Waals surface area contributed by atoms with Crippen LogP contribution in [0.15, 0.2) is 36.5 Å². The summed E-state index contributed by atoms with van der Waals surface area (Å²) in [4.78, 5) is 12.9. The van der Waals surface area contributed by atoms with Gasteiger partial charge in [-0.1, -0.05) is 34.6 Å². The molecule has 0 saturated heterocycles. The molecule has 5 nitrogen and oxygen atoms in total. The van der Waals surface area contributed by atoms with Crippen LogP contribution in [0.4, 0.5) is 4.39 Å². The number of ether oxygens (including phenoxy) is 1. The summed E-state index contributed by atoms with van der Waals surface area (Å²) in [5, 5.41) is 6.29. The number of halogens is 2. The Balaban J connectivity index is 2.05. The van der Waals surface area contributed by atoms with Crippen molar-refractivity contribution in [2.75, 3.05) is 7.11 Å². The molecule has 0 aliphatic rings. The molecule has 0 atom stereocenters. The molecule has 4 aromatic rings. The van der Waals surface area contributed by atoms with Gasteiger partial charge in [-0.05, 0) is 52.8 Å². The Bertz CT molecular complexity index is 1330. The van der Waals surface area contributed by atoms with Crippen molar-refractivity contribution < 1.29 is 13.9 Å². The van der Waals surface area contributed by atoms with E-state index in [4.69, 9.17) is 4.74 Å². The lowest BCUT2D eigenvalue weighted by Crippen LogP contribution is -2.27. The van der Waals surface area contributed by atoms with Gasteiger partial charge in [0.05, 0.1) is 24.3 Å². The maximum atomic E-state index is 14.1. The molecule has 0 aliphatic carbocycles. The van der Waals surface area contributed by atoms with Crippen LogP contribution in [-0.2, 0) is 0 Å². The van der Waals surface area contributed by atoms with Crippen molar-refractivity contribution >= 4 is 50.3 Å². The van der Waals surface area contributed by atoms with Crippen LogP contribution in [0, 0.1) is 14.8 Å². The van der Waals surface area contributed by atoms with Gasteiger partial charge < -0.3 is 9.30 Å². The van der Waals surface area contributed by atoms with Crippen LogP contribution >= 0.6 is 22.6 Å². The second-order valence-electron chi connectivity index (χ2n) is 9.05. The van der Waals surface area contributed by atoms with Crippen molar-refractivity contribution in [2.45, 2.75) is 40.5 Å². The summed E-state index contributed by atoms with van der Waals surface area (Å²) in [5.41, 5.74) is 3.18. The fraction of sp³-hybridized carbons (Fsp3) is 0.333. The van der Waals surface area contributed by atoms with Gasteiger partial charge in [-0.15, -0.1) is 0 Å². The number of rotatable bonds is 3. The van der Waals surface area contributed by atoms with E-state index in [0.717, 1.165) is 36.8 Å². The molecule has 0 spiro atoms. The van der Waals surface area contributed by atoms with Crippen molar-refractivity contribution in [1.29, 1.82) is 0 Å². The fourth-order valence-corrected chi connectivity index (χ4v) is 5.14. The highest BCUT2D eigenvalue weighted by Crippen LogP contribution is 2.38. The molecule has 0 radical (unpaired) electrons. The Morgan fingerprint density at radius 3 is 2.48 bits per heavy atom. The Hall–Kier alpha value is -2.42. The van der Waals surface area contributed by atoms with Crippen LogP contribution in [0.5, 0.6) is 5.75 Å². The standard InChI is InChI=1S/C24H25FIN3O2/c1-13(2)22-21(26)16-11-18-14(12-27-29(18)23(30)24(3,4)5)9-19(16)28(22)15-7-8-17(25)20(10-15)31-6/h7-13H,1-6H3. The summed E-state index contributed by atoms with van der Waals surface area (Å²) >= 11 is 2.36. The highest BCUT2D eigenvalue weighted by Gasteiger charge is 2.27. The molecule has 162 valence electrons. The topological polar surface area (TPSA) is 49.0 Å². The predicted molar refractivity (Wildman–Crippen MR) is 130 cm³/mol. The summed E-state index contributed by atoms with van der Waals surface area (Å²) in [6.07, 6.45) is 1.73. The van der Waals surface area contributed by atoms with Crippen LogP contribution in [0.1, 0.15) is 51.0 Å². The molecule has 31 heavy (non-hydrogen) atoms. The first kappa shape index (κ1) is 21.8. The first-order valence-corrected chi connectivity index (χ1v) is 11.2. The van der Waals surface area contributed by atoms with E-state index < -0.39 is 11.2 Å². The quantitative estimate of drug-likeness (QED) is 0.281. The smallest absolute Gasteiger partial charge is 0.252 e. The third-order valence-electron chi connectivity index (χ3n) is 5.40. The SMILES string of the molecule is COc1cc(-n2c(C(C)C)c(I)c3cc4c(cnn4C(=O)C(C)(C)C)cc32)ccc1F. The molecule has 0 bridgehead atoms. The summed E-state index contributed by atoms with van der Waals surface area (Å²) < 4.78 is 24.0. The van der Waals surface area contributed by atoms with E-state index in [1.54, 1.807) is 18.3 Å². The average Bonchev–Trinajstić information content (AvgIpc) is 3.24. The normalized spacial score (nSPS) is 12.3. The molecule has 0 amide bonds. The van der Waals surface area contributed by atoms with E-state index in [1.807, 2.05) is 32.9 Å². The summed E-state index contributed by atoms with van der Waals surface area (Å²) in [6, 6.07) is 8.99. The largest absolute Gasteiger partial charge is 0.494 e. The zero-order valence-corrected chi connectivity index (χ0v) is 20.6. The number of carbonyl (C=O) groups is 1. The number of hydrogen-bond donors (Lipinski definition) is 0. The minimum Gasteiger partial charge on any atom is -0.494 e. The van der Waals surface area contributed by atoms with E-state index in [1.165, 1.54) is 17.9 Å². The van der Waals surface area contributed by atoms with Crippen LogP contribution in [0.2, 0.25) is 0 Å². The highest BCUT2D eigenvalue weighted by atomic mass is 127. The van der Waals surface area contributed by atoms with E-state index in [9.17, 15) is 9.18 Å². The molecular formula is C24H25FIN3O2. The number of hydrogen-bond acceptors (Lipinski definition) is 3. The molecule has 2 heterocycles. The first-order chi connectivity index (χ1) is 14.5. The third kappa shape index (κ3) is 3.52. The van der Waals surface area contributed by atoms with Gasteiger partial charge in [0, 0.05) is 37.2 Å². The number of aromatic nitrogens is 3. The van der Waals surface area contributed by atoms with E-state index in [2.05, 4.69) is 46.1 Å². The zero-order valence-electron chi connectivity index (χ0n) is 18.5. The minimum absolute atomic E-state index is 0.0522. The number of benzene rings is 2. The lowest BCUT2D eigenvalue weighted by Gasteiger charge is -2.16. The Morgan fingerprint density at radius 1 is 1.16 bits per heavy atom. The van der Waals surface area contributed by atoms with Gasteiger partial charge in [0.15, 0.2) is 11.6 Å². The van der Waals surface area contributed by atoms with Crippen molar-refractivity contribution in [3.8, 4) is 11.4 Å². The van der Waals surface area contributed by atoms with E-state index >= 15 is 0 Å². The lowest BCUT2D eigenvalue weighted by atomic mass is 9.96.